The molecule has 0 aliphatic heterocycles. The fourth-order valence-corrected chi connectivity index (χ4v) is 4.97. The van der Waals surface area contributed by atoms with Gasteiger partial charge in [0.25, 0.3) is 0 Å². The van der Waals surface area contributed by atoms with Crippen molar-refractivity contribution < 1.29 is 46.8 Å². The predicted octanol–water partition coefficient (Wildman–Crippen LogP) is 6.31. The fourth-order valence-electron chi connectivity index (χ4n) is 4.97. The van der Waals surface area contributed by atoms with Gasteiger partial charge in [-0.3, -0.25) is 0 Å². The number of aliphatic hydroxyl groups is 2. The molecule has 6 nitrogen and oxygen atoms in total. The Kier molecular flexibility index (Phi) is 13.9. The summed E-state index contributed by atoms with van der Waals surface area (Å²) in [5.74, 6) is -12.1. The standard InChI is InChI=1S/C32H42F4O6/c1-4-5-6-7-24-10-14-27(15-11-24)31(33,34)32(35,36)28-16-12-25(13-17-28)8-9-26(20-41-29(39)22(2)18-37)21-42-30(40)23(3)19-38/h4-5,10-11,14-15,25-26,28,37-38H,2-3,6-9,12-13,16-21H2,1H3/b5-4+. The number of hydrogen-bond acceptors (Lipinski definition) is 6. The highest BCUT2D eigenvalue weighted by Crippen LogP contribution is 2.52. The second kappa shape index (κ2) is 16.6. The molecule has 0 aromatic heterocycles. The first-order valence-corrected chi connectivity index (χ1v) is 14.2. The van der Waals surface area contributed by atoms with Gasteiger partial charge in [-0.1, -0.05) is 49.6 Å². The Morgan fingerprint density at radius 1 is 0.952 bits per heavy atom. The Labute approximate surface area is 245 Å². The van der Waals surface area contributed by atoms with Gasteiger partial charge in [-0.15, -0.1) is 0 Å². The number of ether oxygens (including phenoxy) is 2. The number of allylic oxidation sites excluding steroid dienone is 2. The van der Waals surface area contributed by atoms with Crippen molar-refractivity contribution in [2.24, 2.45) is 17.8 Å². The van der Waals surface area contributed by atoms with E-state index in [9.17, 15) is 9.59 Å². The third kappa shape index (κ3) is 9.80. The van der Waals surface area contributed by atoms with Crippen molar-refractivity contribution in [1.82, 2.24) is 0 Å². The molecule has 0 atom stereocenters. The van der Waals surface area contributed by atoms with E-state index in [1.54, 1.807) is 0 Å². The lowest BCUT2D eigenvalue weighted by molar-refractivity contribution is -0.249. The van der Waals surface area contributed by atoms with Gasteiger partial charge in [0.2, 0.25) is 0 Å². The third-order valence-electron chi connectivity index (χ3n) is 7.77. The summed E-state index contributed by atoms with van der Waals surface area (Å²) in [7, 11) is 0. The Balaban J connectivity index is 1.95. The summed E-state index contributed by atoms with van der Waals surface area (Å²) in [5.41, 5.74) is -0.174. The van der Waals surface area contributed by atoms with Crippen LogP contribution in [0.15, 0.2) is 60.7 Å². The zero-order valence-electron chi connectivity index (χ0n) is 24.1. The van der Waals surface area contributed by atoms with E-state index < -0.39 is 54.4 Å². The molecule has 0 bridgehead atoms. The van der Waals surface area contributed by atoms with Crippen molar-refractivity contribution in [3.63, 3.8) is 0 Å². The zero-order chi connectivity index (χ0) is 31.3. The zero-order valence-corrected chi connectivity index (χ0v) is 24.1. The minimum absolute atomic E-state index is 0.0177. The van der Waals surface area contributed by atoms with Crippen LogP contribution in [0.5, 0.6) is 0 Å². The van der Waals surface area contributed by atoms with Gasteiger partial charge in [-0.05, 0) is 69.8 Å². The molecule has 1 aliphatic carbocycles. The van der Waals surface area contributed by atoms with Crippen molar-refractivity contribution in [3.05, 3.63) is 71.8 Å². The van der Waals surface area contributed by atoms with Gasteiger partial charge < -0.3 is 19.7 Å². The van der Waals surface area contributed by atoms with Crippen LogP contribution in [0.4, 0.5) is 17.6 Å². The van der Waals surface area contributed by atoms with Crippen LogP contribution in [-0.4, -0.2) is 54.5 Å². The summed E-state index contributed by atoms with van der Waals surface area (Å²) in [5, 5.41) is 18.1. The maximum Gasteiger partial charge on any atom is 0.335 e. The molecule has 0 spiro atoms. The molecule has 0 unspecified atom stereocenters. The molecule has 10 heteroatoms. The van der Waals surface area contributed by atoms with E-state index in [-0.39, 0.29) is 43.1 Å². The number of esters is 2. The number of carbonyl (C=O) groups excluding carboxylic acids is 2. The molecule has 1 aliphatic rings. The normalized spacial score (nSPS) is 17.8. The molecule has 1 fully saturated rings. The maximum absolute atomic E-state index is 15.2. The molecule has 1 aromatic rings. The second-order valence-electron chi connectivity index (χ2n) is 10.9. The molecule has 0 saturated heterocycles. The van der Waals surface area contributed by atoms with Gasteiger partial charge in [-0.2, -0.15) is 17.6 Å². The van der Waals surface area contributed by atoms with E-state index in [0.29, 0.717) is 32.1 Å². The first-order valence-electron chi connectivity index (χ1n) is 14.2. The summed E-state index contributed by atoms with van der Waals surface area (Å²) in [4.78, 5) is 23.8. The Hall–Kier alpha value is -2.98. The highest BCUT2D eigenvalue weighted by Gasteiger charge is 2.61. The van der Waals surface area contributed by atoms with Crippen LogP contribution < -0.4 is 0 Å². The Morgan fingerprint density at radius 2 is 1.48 bits per heavy atom. The van der Waals surface area contributed by atoms with Crippen molar-refractivity contribution in [1.29, 1.82) is 0 Å². The second-order valence-corrected chi connectivity index (χ2v) is 10.9. The lowest BCUT2D eigenvalue weighted by Gasteiger charge is -2.38. The fraction of sp³-hybridized carbons (Fsp3) is 0.562. The van der Waals surface area contributed by atoms with E-state index in [0.717, 1.165) is 24.1 Å². The van der Waals surface area contributed by atoms with E-state index >= 15 is 17.6 Å². The van der Waals surface area contributed by atoms with Crippen LogP contribution >= 0.6 is 0 Å². The number of aryl methyl sites for hydroxylation is 1. The average molecular weight is 599 g/mol. The molecule has 0 radical (unpaired) electrons. The average Bonchev–Trinajstić information content (AvgIpc) is 2.99. The summed E-state index contributed by atoms with van der Waals surface area (Å²) >= 11 is 0. The predicted molar refractivity (Wildman–Crippen MR) is 151 cm³/mol. The number of aliphatic hydroxyl groups excluding tert-OH is 2. The van der Waals surface area contributed by atoms with Crippen LogP contribution in [0.1, 0.15) is 63.0 Å². The topological polar surface area (TPSA) is 93.1 Å². The number of halogens is 4. The number of hydrogen-bond donors (Lipinski definition) is 2. The number of alkyl halides is 4. The molecular weight excluding hydrogens is 556 g/mol. The molecule has 1 saturated carbocycles. The highest BCUT2D eigenvalue weighted by molar-refractivity contribution is 5.88. The van der Waals surface area contributed by atoms with Crippen LogP contribution in [0.3, 0.4) is 0 Å². The molecular formula is C32H42F4O6. The van der Waals surface area contributed by atoms with Crippen LogP contribution in [0, 0.1) is 17.8 Å². The van der Waals surface area contributed by atoms with Crippen LogP contribution in [0.2, 0.25) is 0 Å². The van der Waals surface area contributed by atoms with Gasteiger partial charge >= 0.3 is 23.8 Å². The number of benzene rings is 1. The Bertz CT molecular complexity index is 1040. The van der Waals surface area contributed by atoms with Gasteiger partial charge in [0.05, 0.1) is 37.6 Å². The minimum atomic E-state index is -4.30. The first-order chi connectivity index (χ1) is 19.9. The first kappa shape index (κ1) is 35.2. The van der Waals surface area contributed by atoms with E-state index in [2.05, 4.69) is 13.2 Å². The lowest BCUT2D eigenvalue weighted by atomic mass is 9.74. The molecule has 1 aromatic carbocycles. The van der Waals surface area contributed by atoms with Crippen molar-refractivity contribution in [2.45, 2.75) is 70.1 Å². The van der Waals surface area contributed by atoms with Gasteiger partial charge in [-0.25, -0.2) is 9.59 Å². The lowest BCUT2D eigenvalue weighted by Crippen LogP contribution is -2.45. The van der Waals surface area contributed by atoms with E-state index in [1.807, 2.05) is 19.1 Å². The van der Waals surface area contributed by atoms with Gasteiger partial charge in [0.1, 0.15) is 0 Å². The molecule has 234 valence electrons. The van der Waals surface area contributed by atoms with Gasteiger partial charge in [0.15, 0.2) is 0 Å². The van der Waals surface area contributed by atoms with E-state index in [4.69, 9.17) is 19.7 Å². The SMILES string of the molecule is C=C(CO)C(=O)OCC(CCC1CCC(C(F)(F)C(F)(F)c2ccc(CC/C=C/C)cc2)CC1)COC(=O)C(=C)CO. The van der Waals surface area contributed by atoms with Crippen molar-refractivity contribution in [2.75, 3.05) is 26.4 Å². The molecule has 42 heavy (non-hydrogen) atoms. The van der Waals surface area contributed by atoms with Gasteiger partial charge in [0, 0.05) is 17.4 Å². The van der Waals surface area contributed by atoms with Crippen molar-refractivity contribution in [3.8, 4) is 0 Å². The monoisotopic (exact) mass is 598 g/mol. The molecule has 0 amide bonds. The summed E-state index contributed by atoms with van der Waals surface area (Å²) in [6.07, 6.45) is 6.67. The quantitative estimate of drug-likeness (QED) is 0.0946. The van der Waals surface area contributed by atoms with Crippen molar-refractivity contribution >= 4 is 11.9 Å². The minimum Gasteiger partial charge on any atom is -0.462 e. The molecule has 2 N–H and O–H groups in total. The summed E-state index contributed by atoms with van der Waals surface area (Å²) in [6, 6.07) is 5.14. The van der Waals surface area contributed by atoms with Crippen LogP contribution in [-0.2, 0) is 31.4 Å². The van der Waals surface area contributed by atoms with E-state index in [1.165, 1.54) is 12.1 Å². The number of carbonyl (C=O) groups is 2. The Morgan fingerprint density at radius 3 is 1.95 bits per heavy atom. The smallest absolute Gasteiger partial charge is 0.335 e. The third-order valence-corrected chi connectivity index (χ3v) is 7.77. The summed E-state index contributed by atoms with van der Waals surface area (Å²) < 4.78 is 70.8. The highest BCUT2D eigenvalue weighted by atomic mass is 19.3. The largest absolute Gasteiger partial charge is 0.462 e. The molecule has 2 rings (SSSR count). The van der Waals surface area contributed by atoms with Crippen LogP contribution in [0.25, 0.3) is 0 Å². The number of rotatable bonds is 17. The molecule has 0 heterocycles. The maximum atomic E-state index is 15.2. The summed E-state index contributed by atoms with van der Waals surface area (Å²) in [6.45, 7) is 7.21.